The minimum absolute atomic E-state index is 0.234. The van der Waals surface area contributed by atoms with Gasteiger partial charge in [0.05, 0.1) is 12.5 Å². The fourth-order valence-electron chi connectivity index (χ4n) is 1.13. The number of thioether (sulfide) groups is 1. The molecule has 0 bridgehead atoms. The highest BCUT2D eigenvalue weighted by Gasteiger charge is 2.28. The summed E-state index contributed by atoms with van der Waals surface area (Å²) in [6.07, 6.45) is 0. The van der Waals surface area contributed by atoms with Crippen LogP contribution in [0.3, 0.4) is 0 Å². The number of carbonyl (C=O) groups is 1. The van der Waals surface area contributed by atoms with Crippen LogP contribution in [-0.2, 0) is 9.53 Å². The summed E-state index contributed by atoms with van der Waals surface area (Å²) in [5.41, 5.74) is -0.534. The van der Waals surface area contributed by atoms with E-state index in [4.69, 9.17) is 4.74 Å². The molecule has 88 valence electrons. The highest BCUT2D eigenvalue weighted by molar-refractivity contribution is 7.99. The van der Waals surface area contributed by atoms with Crippen LogP contribution < -0.4 is 0 Å². The Morgan fingerprint density at radius 1 is 1.38 bits per heavy atom. The van der Waals surface area contributed by atoms with E-state index in [2.05, 4.69) is 0 Å². The maximum atomic E-state index is 12.7. The zero-order chi connectivity index (χ0) is 12.2. The first kappa shape index (κ1) is 13.0. The van der Waals surface area contributed by atoms with Gasteiger partial charge in [0.1, 0.15) is 5.82 Å². The van der Waals surface area contributed by atoms with Crippen molar-refractivity contribution in [1.82, 2.24) is 0 Å². The number of hydrogen-bond acceptors (Lipinski definition) is 3. The number of methoxy groups -OCH3 is 1. The van der Waals surface area contributed by atoms with Gasteiger partial charge in [-0.1, -0.05) is 0 Å². The predicted molar refractivity (Wildman–Crippen MR) is 62.9 cm³/mol. The van der Waals surface area contributed by atoms with Crippen molar-refractivity contribution in [3.8, 4) is 0 Å². The molecule has 0 amide bonds. The maximum absolute atomic E-state index is 12.7. The van der Waals surface area contributed by atoms with Crippen LogP contribution in [0.4, 0.5) is 4.39 Å². The van der Waals surface area contributed by atoms with Crippen molar-refractivity contribution in [2.45, 2.75) is 18.7 Å². The number of esters is 1. The molecule has 0 aliphatic heterocycles. The molecule has 0 N–H and O–H groups in total. The molecule has 0 radical (unpaired) electrons. The summed E-state index contributed by atoms with van der Waals surface area (Å²) in [5.74, 6) is 0.115. The molecule has 0 fully saturated rings. The second kappa shape index (κ2) is 5.34. The molecule has 1 aromatic carbocycles. The van der Waals surface area contributed by atoms with Crippen LogP contribution in [0.1, 0.15) is 13.8 Å². The van der Waals surface area contributed by atoms with Crippen molar-refractivity contribution in [2.24, 2.45) is 5.41 Å². The summed E-state index contributed by atoms with van der Waals surface area (Å²) < 4.78 is 17.4. The number of hydrogen-bond donors (Lipinski definition) is 0. The molecule has 16 heavy (non-hydrogen) atoms. The maximum Gasteiger partial charge on any atom is 0.312 e. The molecule has 2 nitrogen and oxygen atoms in total. The molecule has 0 aliphatic carbocycles. The molecule has 0 aliphatic rings. The zero-order valence-electron chi connectivity index (χ0n) is 9.62. The Hall–Kier alpha value is -1.03. The third-order valence-electron chi connectivity index (χ3n) is 2.15. The van der Waals surface area contributed by atoms with Crippen LogP contribution in [0.5, 0.6) is 0 Å². The van der Waals surface area contributed by atoms with E-state index in [1.165, 1.54) is 31.0 Å². The first-order valence-electron chi connectivity index (χ1n) is 4.92. The molecule has 0 unspecified atom stereocenters. The van der Waals surface area contributed by atoms with E-state index in [0.29, 0.717) is 5.75 Å². The summed E-state index contributed by atoms with van der Waals surface area (Å²) in [6, 6.07) is 6.22. The van der Waals surface area contributed by atoms with Crippen LogP contribution in [0.15, 0.2) is 29.2 Å². The van der Waals surface area contributed by atoms with Crippen molar-refractivity contribution in [1.29, 1.82) is 0 Å². The molecule has 1 aromatic rings. The number of carbonyl (C=O) groups excluding carboxylic acids is 1. The molecule has 0 saturated heterocycles. The topological polar surface area (TPSA) is 26.3 Å². The van der Waals surface area contributed by atoms with Gasteiger partial charge >= 0.3 is 5.97 Å². The average Bonchev–Trinajstić information content (AvgIpc) is 2.27. The summed E-state index contributed by atoms with van der Waals surface area (Å²) in [6.45, 7) is 3.66. The lowest BCUT2D eigenvalue weighted by atomic mass is 9.97. The molecule has 0 atom stereocenters. The van der Waals surface area contributed by atoms with E-state index in [-0.39, 0.29) is 11.8 Å². The van der Waals surface area contributed by atoms with Gasteiger partial charge in [0, 0.05) is 10.6 Å². The second-order valence-electron chi connectivity index (χ2n) is 4.12. The molecule has 0 heterocycles. The Kier molecular flexibility index (Phi) is 4.35. The van der Waals surface area contributed by atoms with Crippen LogP contribution in [0.2, 0.25) is 0 Å². The van der Waals surface area contributed by atoms with Crippen molar-refractivity contribution in [3.63, 3.8) is 0 Å². The van der Waals surface area contributed by atoms with Gasteiger partial charge in [-0.05, 0) is 38.1 Å². The van der Waals surface area contributed by atoms with Gasteiger partial charge in [-0.25, -0.2) is 4.39 Å². The van der Waals surface area contributed by atoms with Crippen molar-refractivity contribution >= 4 is 17.7 Å². The second-order valence-corrected chi connectivity index (χ2v) is 5.17. The number of halogens is 1. The fraction of sp³-hybridized carbons (Fsp3) is 0.417. The third kappa shape index (κ3) is 3.52. The number of rotatable bonds is 4. The normalized spacial score (nSPS) is 11.2. The Morgan fingerprint density at radius 3 is 2.44 bits per heavy atom. The largest absolute Gasteiger partial charge is 0.469 e. The molecular weight excluding hydrogens is 227 g/mol. The van der Waals surface area contributed by atoms with Gasteiger partial charge in [0.15, 0.2) is 0 Å². The molecule has 0 saturated carbocycles. The SMILES string of the molecule is COC(=O)C(C)(C)CSc1ccc(F)cc1. The van der Waals surface area contributed by atoms with Crippen LogP contribution in [0, 0.1) is 11.2 Å². The number of ether oxygens (including phenoxy) is 1. The summed E-state index contributed by atoms with van der Waals surface area (Å²) in [4.78, 5) is 12.4. The summed E-state index contributed by atoms with van der Waals surface area (Å²) >= 11 is 1.51. The smallest absolute Gasteiger partial charge is 0.312 e. The fourth-order valence-corrected chi connectivity index (χ4v) is 2.10. The lowest BCUT2D eigenvalue weighted by molar-refractivity contribution is -0.149. The van der Waals surface area contributed by atoms with Crippen molar-refractivity contribution in [3.05, 3.63) is 30.1 Å². The van der Waals surface area contributed by atoms with E-state index in [1.54, 1.807) is 12.1 Å². The lowest BCUT2D eigenvalue weighted by Gasteiger charge is -2.20. The van der Waals surface area contributed by atoms with Gasteiger partial charge in [0.25, 0.3) is 0 Å². The Bertz CT molecular complexity index is 360. The summed E-state index contributed by atoms with van der Waals surface area (Å²) in [7, 11) is 1.38. The van der Waals surface area contributed by atoms with Gasteiger partial charge in [-0.15, -0.1) is 11.8 Å². The first-order chi connectivity index (χ1) is 7.45. The van der Waals surface area contributed by atoms with E-state index in [9.17, 15) is 9.18 Å². The predicted octanol–water partition coefficient (Wildman–Crippen LogP) is 3.12. The molecular formula is C12H15FO2S. The monoisotopic (exact) mass is 242 g/mol. The van der Waals surface area contributed by atoms with Crippen molar-refractivity contribution < 1.29 is 13.9 Å². The van der Waals surface area contributed by atoms with Crippen LogP contribution in [-0.4, -0.2) is 18.8 Å². The first-order valence-corrected chi connectivity index (χ1v) is 5.91. The zero-order valence-corrected chi connectivity index (χ0v) is 10.4. The summed E-state index contributed by atoms with van der Waals surface area (Å²) in [5, 5.41) is 0. The molecule has 4 heteroatoms. The minimum Gasteiger partial charge on any atom is -0.469 e. The highest BCUT2D eigenvalue weighted by Crippen LogP contribution is 2.28. The highest BCUT2D eigenvalue weighted by atomic mass is 32.2. The molecule has 0 aromatic heterocycles. The van der Waals surface area contributed by atoms with E-state index in [0.717, 1.165) is 4.90 Å². The Labute approximate surface area is 99.2 Å². The van der Waals surface area contributed by atoms with E-state index in [1.807, 2.05) is 13.8 Å². The number of benzene rings is 1. The molecule has 1 rings (SSSR count). The van der Waals surface area contributed by atoms with E-state index < -0.39 is 5.41 Å². The Morgan fingerprint density at radius 2 is 1.94 bits per heavy atom. The van der Waals surface area contributed by atoms with Gasteiger partial charge in [-0.2, -0.15) is 0 Å². The Balaban J connectivity index is 2.57. The third-order valence-corrected chi connectivity index (χ3v) is 3.62. The van der Waals surface area contributed by atoms with Crippen molar-refractivity contribution in [2.75, 3.05) is 12.9 Å². The molecule has 0 spiro atoms. The van der Waals surface area contributed by atoms with E-state index >= 15 is 0 Å². The van der Waals surface area contributed by atoms with Gasteiger partial charge < -0.3 is 4.74 Å². The quantitative estimate of drug-likeness (QED) is 0.599. The van der Waals surface area contributed by atoms with Gasteiger partial charge in [-0.3, -0.25) is 4.79 Å². The minimum atomic E-state index is -0.534. The average molecular weight is 242 g/mol. The van der Waals surface area contributed by atoms with Crippen LogP contribution in [0.25, 0.3) is 0 Å². The lowest BCUT2D eigenvalue weighted by Crippen LogP contribution is -2.28. The standard InChI is InChI=1S/C12H15FO2S/c1-12(2,11(14)15-3)8-16-10-6-4-9(13)5-7-10/h4-7H,8H2,1-3H3. The van der Waals surface area contributed by atoms with Crippen LogP contribution >= 0.6 is 11.8 Å². The van der Waals surface area contributed by atoms with Gasteiger partial charge in [0.2, 0.25) is 0 Å².